The summed E-state index contributed by atoms with van der Waals surface area (Å²) < 4.78 is 11.3. The van der Waals surface area contributed by atoms with Crippen molar-refractivity contribution in [2.45, 2.75) is 57.5 Å². The van der Waals surface area contributed by atoms with Crippen molar-refractivity contribution in [2.24, 2.45) is 0 Å². The third-order valence-corrected chi connectivity index (χ3v) is 9.26. The van der Waals surface area contributed by atoms with E-state index < -0.39 is 14.4 Å². The minimum absolute atomic E-state index is 0.0878. The van der Waals surface area contributed by atoms with Gasteiger partial charge in [0.25, 0.3) is 5.91 Å². The van der Waals surface area contributed by atoms with Gasteiger partial charge in [0.2, 0.25) is 0 Å². The number of nitrogens with zero attached hydrogens (tertiary/aromatic N) is 1. The van der Waals surface area contributed by atoms with Gasteiger partial charge in [-0.1, -0.05) is 20.8 Å². The number of nitrogens with one attached hydrogen (secondary N) is 1. The van der Waals surface area contributed by atoms with E-state index in [1.54, 1.807) is 0 Å². The van der Waals surface area contributed by atoms with Crippen LogP contribution in [0.2, 0.25) is 18.1 Å². The van der Waals surface area contributed by atoms with Crippen LogP contribution in [0.1, 0.15) is 27.2 Å². The third-order valence-electron chi connectivity index (χ3n) is 4.76. The van der Waals surface area contributed by atoms with Gasteiger partial charge in [0.1, 0.15) is 0 Å². The van der Waals surface area contributed by atoms with Gasteiger partial charge in [0, 0.05) is 6.54 Å². The smallest absolute Gasteiger partial charge is 0.417 e. The van der Waals surface area contributed by atoms with Gasteiger partial charge in [-0.05, 0) is 31.1 Å². The van der Waals surface area contributed by atoms with E-state index in [0.29, 0.717) is 13.0 Å². The van der Waals surface area contributed by atoms with Crippen molar-refractivity contribution in [2.75, 3.05) is 19.7 Å². The Hall–Kier alpha value is -0.923. The Labute approximate surface area is 127 Å². The molecule has 0 bridgehead atoms. The Bertz CT molecular complexity index is 417. The first kappa shape index (κ1) is 16.4. The number of rotatable bonds is 3. The molecule has 2 rings (SSSR count). The van der Waals surface area contributed by atoms with Crippen LogP contribution < -0.4 is 5.32 Å². The number of cyclic esters (lactones) is 1. The Kier molecular flexibility index (Phi) is 4.46. The number of hydrogen-bond donors (Lipinski definition) is 1. The van der Waals surface area contributed by atoms with Crippen LogP contribution in [-0.4, -0.2) is 57.1 Å². The normalized spacial score (nSPS) is 28.0. The predicted molar refractivity (Wildman–Crippen MR) is 81.5 cm³/mol. The van der Waals surface area contributed by atoms with Gasteiger partial charge in [-0.15, -0.1) is 0 Å². The molecule has 2 aliphatic rings. The summed E-state index contributed by atoms with van der Waals surface area (Å²) in [6.07, 6.45) is 0.0186. The molecule has 2 saturated heterocycles. The highest BCUT2D eigenvalue weighted by molar-refractivity contribution is 6.74. The van der Waals surface area contributed by atoms with Crippen molar-refractivity contribution in [1.82, 2.24) is 10.2 Å². The van der Waals surface area contributed by atoms with E-state index in [0.717, 1.165) is 6.54 Å². The summed E-state index contributed by atoms with van der Waals surface area (Å²) in [5, 5.41) is 3.39. The van der Waals surface area contributed by atoms with Gasteiger partial charge in [0.15, 0.2) is 14.9 Å². The van der Waals surface area contributed by atoms with E-state index >= 15 is 0 Å². The van der Waals surface area contributed by atoms with Gasteiger partial charge in [-0.2, -0.15) is 0 Å². The van der Waals surface area contributed by atoms with E-state index in [-0.39, 0.29) is 29.7 Å². The van der Waals surface area contributed by atoms with E-state index in [2.05, 4.69) is 39.2 Å². The highest BCUT2D eigenvalue weighted by atomic mass is 28.4. The summed E-state index contributed by atoms with van der Waals surface area (Å²) >= 11 is 0. The number of hydrogen-bond acceptors (Lipinski definition) is 5. The Morgan fingerprint density at radius 1 is 1.33 bits per heavy atom. The molecular weight excluding hydrogens is 288 g/mol. The van der Waals surface area contributed by atoms with E-state index in [9.17, 15) is 9.59 Å². The SMILES string of the molecule is CC(C)(C)[Si](C)(C)OC1CNCCC1N1C(=O)COC1=O. The van der Waals surface area contributed by atoms with Crippen LogP contribution in [0.5, 0.6) is 0 Å². The molecule has 2 amide bonds. The molecule has 120 valence electrons. The zero-order valence-corrected chi connectivity index (χ0v) is 14.6. The van der Waals surface area contributed by atoms with Crippen LogP contribution in [0.15, 0.2) is 0 Å². The van der Waals surface area contributed by atoms with Crippen LogP contribution in [0.25, 0.3) is 0 Å². The summed E-state index contributed by atoms with van der Waals surface area (Å²) in [7, 11) is -1.96. The molecule has 0 aromatic carbocycles. The van der Waals surface area contributed by atoms with Gasteiger partial charge >= 0.3 is 6.09 Å². The largest absolute Gasteiger partial charge is 0.439 e. The standard InChI is InChI=1S/C14H26N2O4Si/c1-14(2,3)21(4,5)20-11-8-15-7-6-10(11)16-12(17)9-19-13(16)18/h10-11,15H,6-9H2,1-5H3. The van der Waals surface area contributed by atoms with Crippen molar-refractivity contribution < 1.29 is 18.8 Å². The molecule has 2 atom stereocenters. The zero-order chi connectivity index (χ0) is 15.8. The minimum Gasteiger partial charge on any atom is -0.439 e. The molecule has 6 nitrogen and oxygen atoms in total. The van der Waals surface area contributed by atoms with Crippen LogP contribution >= 0.6 is 0 Å². The molecule has 0 aromatic heterocycles. The van der Waals surface area contributed by atoms with Gasteiger partial charge < -0.3 is 14.5 Å². The lowest BCUT2D eigenvalue weighted by Gasteiger charge is -2.44. The second-order valence-corrected chi connectivity index (χ2v) is 12.1. The summed E-state index contributed by atoms with van der Waals surface area (Å²) in [5.41, 5.74) is 0. The number of amides is 2. The summed E-state index contributed by atoms with van der Waals surface area (Å²) in [5.74, 6) is -0.254. The molecule has 2 unspecified atom stereocenters. The molecule has 0 aromatic rings. The first-order valence-corrected chi connectivity index (χ1v) is 10.4. The molecule has 0 radical (unpaired) electrons. The molecule has 2 heterocycles. The van der Waals surface area contributed by atoms with Crippen molar-refractivity contribution in [3.05, 3.63) is 0 Å². The fourth-order valence-electron chi connectivity index (χ4n) is 2.47. The summed E-state index contributed by atoms with van der Waals surface area (Å²) in [6, 6.07) is -0.220. The number of carbonyl (C=O) groups excluding carboxylic acids is 2. The number of imide groups is 1. The molecule has 7 heteroatoms. The molecule has 0 spiro atoms. The maximum Gasteiger partial charge on any atom is 0.417 e. The van der Waals surface area contributed by atoms with Gasteiger partial charge in [-0.25, -0.2) is 9.69 Å². The highest BCUT2D eigenvalue weighted by Gasteiger charge is 2.46. The van der Waals surface area contributed by atoms with Gasteiger partial charge in [-0.3, -0.25) is 4.79 Å². The topological polar surface area (TPSA) is 67.9 Å². The van der Waals surface area contributed by atoms with E-state index in [1.165, 1.54) is 4.90 Å². The fraction of sp³-hybridized carbons (Fsp3) is 0.857. The average molecular weight is 314 g/mol. The highest BCUT2D eigenvalue weighted by Crippen LogP contribution is 2.38. The quantitative estimate of drug-likeness (QED) is 0.803. The zero-order valence-electron chi connectivity index (χ0n) is 13.6. The Morgan fingerprint density at radius 3 is 2.52 bits per heavy atom. The first-order chi connectivity index (χ1) is 9.63. The van der Waals surface area contributed by atoms with Crippen LogP contribution in [0, 0.1) is 0 Å². The molecule has 21 heavy (non-hydrogen) atoms. The molecular formula is C14H26N2O4Si. The lowest BCUT2D eigenvalue weighted by Crippen LogP contribution is -2.59. The van der Waals surface area contributed by atoms with Crippen LogP contribution in [0.3, 0.4) is 0 Å². The first-order valence-electron chi connectivity index (χ1n) is 7.51. The average Bonchev–Trinajstić information content (AvgIpc) is 2.68. The maximum atomic E-state index is 11.9. The second kappa shape index (κ2) is 5.70. The predicted octanol–water partition coefficient (Wildman–Crippen LogP) is 1.72. The monoisotopic (exact) mass is 314 g/mol. The fourth-order valence-corrected chi connectivity index (χ4v) is 3.82. The van der Waals surface area contributed by atoms with E-state index in [1.807, 2.05) is 0 Å². The van der Waals surface area contributed by atoms with Crippen molar-refractivity contribution in [3.8, 4) is 0 Å². The molecule has 1 N–H and O–H groups in total. The van der Waals surface area contributed by atoms with Crippen LogP contribution in [-0.2, 0) is 14.0 Å². The van der Waals surface area contributed by atoms with E-state index in [4.69, 9.17) is 9.16 Å². The third kappa shape index (κ3) is 3.30. The Balaban J connectivity index is 2.16. The summed E-state index contributed by atoms with van der Waals surface area (Å²) in [6.45, 7) is 12.2. The van der Waals surface area contributed by atoms with Crippen molar-refractivity contribution in [1.29, 1.82) is 0 Å². The number of ether oxygens (including phenoxy) is 1. The molecule has 0 saturated carbocycles. The van der Waals surface area contributed by atoms with Crippen LogP contribution in [0.4, 0.5) is 4.79 Å². The van der Waals surface area contributed by atoms with Crippen molar-refractivity contribution >= 4 is 20.3 Å². The molecule has 2 aliphatic heterocycles. The number of piperidine rings is 1. The second-order valence-electron chi connectivity index (χ2n) is 7.30. The van der Waals surface area contributed by atoms with Gasteiger partial charge in [0.05, 0.1) is 12.1 Å². The Morgan fingerprint density at radius 2 is 2.00 bits per heavy atom. The maximum absolute atomic E-state index is 11.9. The minimum atomic E-state index is -1.96. The lowest BCUT2D eigenvalue weighted by molar-refractivity contribution is -0.129. The molecule has 0 aliphatic carbocycles. The lowest BCUT2D eigenvalue weighted by atomic mass is 10.0. The van der Waals surface area contributed by atoms with Crippen molar-refractivity contribution in [3.63, 3.8) is 0 Å². The number of carbonyl (C=O) groups is 2. The molecule has 2 fully saturated rings. The summed E-state index contributed by atoms with van der Waals surface area (Å²) in [4.78, 5) is 25.0.